The predicted octanol–water partition coefficient (Wildman–Crippen LogP) is 2.58. The maximum absolute atomic E-state index is 14.0. The van der Waals surface area contributed by atoms with E-state index in [1.165, 1.54) is 10.4 Å². The van der Waals surface area contributed by atoms with Crippen molar-refractivity contribution in [3.8, 4) is 0 Å². The molecule has 2 saturated heterocycles. The Morgan fingerprint density at radius 3 is 2.27 bits per heavy atom. The van der Waals surface area contributed by atoms with Gasteiger partial charge in [-0.2, -0.15) is 4.31 Å². The van der Waals surface area contributed by atoms with Crippen molar-refractivity contribution in [1.82, 2.24) is 9.21 Å². The van der Waals surface area contributed by atoms with Gasteiger partial charge in [-0.15, -0.1) is 0 Å². The molecule has 1 atom stereocenters. The zero-order chi connectivity index (χ0) is 21.1. The Morgan fingerprint density at radius 1 is 0.900 bits per heavy atom. The Morgan fingerprint density at radius 2 is 1.57 bits per heavy atom. The molecule has 6 nitrogen and oxygen atoms in total. The quantitative estimate of drug-likeness (QED) is 0.747. The molecule has 0 N–H and O–H groups in total. The van der Waals surface area contributed by atoms with Gasteiger partial charge in [-0.05, 0) is 37.1 Å². The second-order valence-electron chi connectivity index (χ2n) is 7.78. The summed E-state index contributed by atoms with van der Waals surface area (Å²) in [6, 6.07) is 15.0. The van der Waals surface area contributed by atoms with Crippen LogP contribution in [0.4, 0.5) is 10.1 Å². The maximum Gasteiger partial charge on any atom is 0.243 e. The zero-order valence-corrected chi connectivity index (χ0v) is 17.6. The molecule has 0 aliphatic carbocycles. The van der Waals surface area contributed by atoms with Gasteiger partial charge in [0.25, 0.3) is 0 Å². The van der Waals surface area contributed by atoms with Crippen LogP contribution in [0.15, 0.2) is 59.5 Å². The lowest BCUT2D eigenvalue weighted by Gasteiger charge is -2.39. The lowest BCUT2D eigenvalue weighted by atomic mass is 9.97. The maximum atomic E-state index is 14.0. The van der Waals surface area contributed by atoms with E-state index in [-0.39, 0.29) is 29.1 Å². The first kappa shape index (κ1) is 20.8. The number of benzene rings is 2. The van der Waals surface area contributed by atoms with Gasteiger partial charge in [0.2, 0.25) is 15.9 Å². The van der Waals surface area contributed by atoms with Gasteiger partial charge in [-0.3, -0.25) is 4.79 Å². The molecule has 2 heterocycles. The van der Waals surface area contributed by atoms with E-state index in [1.807, 2.05) is 4.90 Å². The minimum atomic E-state index is -3.60. The second-order valence-corrected chi connectivity index (χ2v) is 9.72. The number of para-hydroxylation sites is 1. The molecule has 0 aromatic heterocycles. The van der Waals surface area contributed by atoms with Crippen LogP contribution in [0, 0.1) is 11.7 Å². The summed E-state index contributed by atoms with van der Waals surface area (Å²) in [5.74, 6) is -0.597. The van der Waals surface area contributed by atoms with Gasteiger partial charge < -0.3 is 9.80 Å². The van der Waals surface area contributed by atoms with Crippen LogP contribution in [0.5, 0.6) is 0 Å². The third-order valence-electron chi connectivity index (χ3n) is 5.90. The lowest BCUT2D eigenvalue weighted by molar-refractivity contribution is -0.137. The number of hydrogen-bond acceptors (Lipinski definition) is 4. The smallest absolute Gasteiger partial charge is 0.243 e. The molecule has 2 aromatic rings. The molecule has 160 valence electrons. The van der Waals surface area contributed by atoms with Crippen LogP contribution in [0.3, 0.4) is 0 Å². The summed E-state index contributed by atoms with van der Waals surface area (Å²) in [7, 11) is -3.60. The van der Waals surface area contributed by atoms with Crippen molar-refractivity contribution in [3.05, 3.63) is 60.4 Å². The van der Waals surface area contributed by atoms with Gasteiger partial charge in [-0.25, -0.2) is 12.8 Å². The highest BCUT2D eigenvalue weighted by Gasteiger charge is 2.35. The van der Waals surface area contributed by atoms with E-state index in [4.69, 9.17) is 0 Å². The molecule has 0 unspecified atom stereocenters. The molecular formula is C22H26FN3O3S. The minimum Gasteiger partial charge on any atom is -0.366 e. The van der Waals surface area contributed by atoms with E-state index in [0.29, 0.717) is 51.3 Å². The van der Waals surface area contributed by atoms with Gasteiger partial charge in [0, 0.05) is 39.3 Å². The van der Waals surface area contributed by atoms with Gasteiger partial charge in [0.15, 0.2) is 0 Å². The minimum absolute atomic E-state index is 0.00357. The third-order valence-corrected chi connectivity index (χ3v) is 7.78. The summed E-state index contributed by atoms with van der Waals surface area (Å²) in [4.78, 5) is 17.1. The zero-order valence-electron chi connectivity index (χ0n) is 16.8. The van der Waals surface area contributed by atoms with Gasteiger partial charge in [0.1, 0.15) is 5.82 Å². The molecule has 2 aliphatic rings. The molecule has 8 heteroatoms. The summed E-state index contributed by atoms with van der Waals surface area (Å²) in [6.45, 7) is 2.78. The summed E-state index contributed by atoms with van der Waals surface area (Å²) >= 11 is 0. The molecule has 0 saturated carbocycles. The van der Waals surface area contributed by atoms with E-state index >= 15 is 0 Å². The number of carbonyl (C=O) groups is 1. The van der Waals surface area contributed by atoms with E-state index in [0.717, 1.165) is 0 Å². The van der Waals surface area contributed by atoms with Crippen LogP contribution in [-0.4, -0.2) is 62.8 Å². The topological polar surface area (TPSA) is 60.9 Å². The Kier molecular flexibility index (Phi) is 6.06. The van der Waals surface area contributed by atoms with E-state index in [9.17, 15) is 17.6 Å². The van der Waals surface area contributed by atoms with Crippen molar-refractivity contribution in [2.45, 2.75) is 17.7 Å². The fraction of sp³-hybridized carbons (Fsp3) is 0.409. The molecule has 2 fully saturated rings. The molecule has 4 rings (SSSR count). The molecule has 30 heavy (non-hydrogen) atoms. The molecule has 1 amide bonds. The van der Waals surface area contributed by atoms with E-state index < -0.39 is 10.0 Å². The first-order chi connectivity index (χ1) is 14.5. The first-order valence-electron chi connectivity index (χ1n) is 10.3. The number of hydrogen-bond donors (Lipinski definition) is 0. The van der Waals surface area contributed by atoms with Crippen molar-refractivity contribution in [1.29, 1.82) is 0 Å². The Hall–Kier alpha value is -2.45. The molecule has 0 bridgehead atoms. The standard InChI is InChI=1S/C22H26FN3O3S/c23-20-10-4-5-11-21(20)24-13-15-25(16-14-24)22(27)18-7-6-12-26(17-18)30(28,29)19-8-2-1-3-9-19/h1-5,8-11,18H,6-7,12-17H2/t18-/m0/s1. The summed E-state index contributed by atoms with van der Waals surface area (Å²) in [5.41, 5.74) is 0.558. The van der Waals surface area contributed by atoms with Crippen LogP contribution >= 0.6 is 0 Å². The highest BCUT2D eigenvalue weighted by Crippen LogP contribution is 2.26. The average Bonchev–Trinajstić information content (AvgIpc) is 2.80. The SMILES string of the molecule is O=C([C@H]1CCCN(S(=O)(=O)c2ccccc2)C1)N1CCN(c2ccccc2F)CC1. The lowest BCUT2D eigenvalue weighted by Crippen LogP contribution is -2.53. The fourth-order valence-corrected chi connectivity index (χ4v) is 5.78. The number of anilines is 1. The van der Waals surface area contributed by atoms with Crippen molar-refractivity contribution < 1.29 is 17.6 Å². The van der Waals surface area contributed by atoms with Crippen molar-refractivity contribution >= 4 is 21.6 Å². The average molecular weight is 432 g/mol. The number of amides is 1. The molecule has 0 radical (unpaired) electrons. The van der Waals surface area contributed by atoms with Crippen LogP contribution in [0.1, 0.15) is 12.8 Å². The number of sulfonamides is 1. The largest absolute Gasteiger partial charge is 0.366 e. The van der Waals surface area contributed by atoms with E-state index in [1.54, 1.807) is 53.4 Å². The number of carbonyl (C=O) groups excluding carboxylic acids is 1. The Bertz CT molecular complexity index is 992. The predicted molar refractivity (Wildman–Crippen MR) is 113 cm³/mol. The molecule has 2 aromatic carbocycles. The highest BCUT2D eigenvalue weighted by atomic mass is 32.2. The van der Waals surface area contributed by atoms with Gasteiger partial charge in [0.05, 0.1) is 16.5 Å². The number of rotatable bonds is 4. The Balaban J connectivity index is 1.39. The van der Waals surface area contributed by atoms with Crippen LogP contribution in [-0.2, 0) is 14.8 Å². The second kappa shape index (κ2) is 8.73. The monoisotopic (exact) mass is 431 g/mol. The summed E-state index contributed by atoms with van der Waals surface area (Å²) in [6.07, 6.45) is 1.35. The van der Waals surface area contributed by atoms with Crippen LogP contribution < -0.4 is 4.90 Å². The summed E-state index contributed by atoms with van der Waals surface area (Å²) in [5, 5.41) is 0. The normalized spacial score (nSPS) is 20.9. The molecule has 2 aliphatic heterocycles. The Labute approximate surface area is 176 Å². The van der Waals surface area contributed by atoms with Crippen LogP contribution in [0.25, 0.3) is 0 Å². The number of nitrogens with zero attached hydrogens (tertiary/aromatic N) is 3. The molecule has 0 spiro atoms. The number of piperidine rings is 1. The summed E-state index contributed by atoms with van der Waals surface area (Å²) < 4.78 is 41.3. The number of halogens is 1. The van der Waals surface area contributed by atoms with Crippen molar-refractivity contribution in [2.24, 2.45) is 5.92 Å². The third kappa shape index (κ3) is 4.20. The van der Waals surface area contributed by atoms with Gasteiger partial charge >= 0.3 is 0 Å². The number of piperazine rings is 1. The highest BCUT2D eigenvalue weighted by molar-refractivity contribution is 7.89. The van der Waals surface area contributed by atoms with E-state index in [2.05, 4.69) is 0 Å². The molecular weight excluding hydrogens is 405 g/mol. The first-order valence-corrected chi connectivity index (χ1v) is 11.7. The van der Waals surface area contributed by atoms with Crippen molar-refractivity contribution in [3.63, 3.8) is 0 Å². The van der Waals surface area contributed by atoms with Crippen molar-refractivity contribution in [2.75, 3.05) is 44.2 Å². The fourth-order valence-electron chi connectivity index (χ4n) is 4.24. The van der Waals surface area contributed by atoms with Crippen LogP contribution in [0.2, 0.25) is 0 Å². The van der Waals surface area contributed by atoms with Gasteiger partial charge in [-0.1, -0.05) is 30.3 Å².